The zero-order valence-corrected chi connectivity index (χ0v) is 45.4. The normalized spacial score (nSPS) is 13.9. The standard InChI is InChI=1S/C56H75N13O9/c1-33(2)27-44(52(74)57-7)67-53(75)43(19-13-14-24-60-47(70)21-20-37-15-9-8-10-16-37)65-49(71)35(5)64-56(78)48(34(3)4)69-50(72)36(6)63-54(76)45(28-39-30-61-42-18-12-11-17-41(39)42)68-55(77)46(29-40-31-59-32-62-40)66-51(73)38-22-25-58-26-23-38/h8-12,15-18,22-23,25-26,30-36,43-46,48,61H,13-14,19-21,24,27-29H2,1-7H3,(H,57,74)(H,59,62)(H,60,70)(H,63,76)(H,64,78)(H,65,71)(H,66,73)(H,67,75)(H,68,77)(H,69,72)/t35-,36+,43+,44+,45+,46+,48+/m1/s1. The number of carbonyl (C=O) groups is 9. The summed E-state index contributed by atoms with van der Waals surface area (Å²) >= 11 is 0. The van der Waals surface area contributed by atoms with Crippen LogP contribution in [0.1, 0.15) is 101 Å². The van der Waals surface area contributed by atoms with Crippen LogP contribution in [-0.4, -0.2) is 129 Å². The highest BCUT2D eigenvalue weighted by molar-refractivity contribution is 6.00. The number of aryl methyl sites for hydroxylation is 1. The molecule has 0 fully saturated rings. The maximum absolute atomic E-state index is 14.3. The fourth-order valence-corrected chi connectivity index (χ4v) is 8.54. The summed E-state index contributed by atoms with van der Waals surface area (Å²) in [4.78, 5) is 137. The first-order valence-corrected chi connectivity index (χ1v) is 26.4. The van der Waals surface area contributed by atoms with E-state index in [4.69, 9.17) is 0 Å². The molecule has 22 heteroatoms. The predicted molar refractivity (Wildman–Crippen MR) is 293 cm³/mol. The monoisotopic (exact) mass is 1070 g/mol. The number of hydrogen-bond donors (Lipinski definition) is 11. The second-order valence-corrected chi connectivity index (χ2v) is 20.1. The molecule has 7 atom stereocenters. The maximum Gasteiger partial charge on any atom is 0.252 e. The van der Waals surface area contributed by atoms with Gasteiger partial charge < -0.3 is 57.8 Å². The van der Waals surface area contributed by atoms with Crippen molar-refractivity contribution >= 4 is 64.1 Å². The van der Waals surface area contributed by atoms with Crippen LogP contribution < -0.4 is 47.9 Å². The Morgan fingerprint density at radius 3 is 1.86 bits per heavy atom. The van der Waals surface area contributed by atoms with Gasteiger partial charge in [0.05, 0.1) is 6.33 Å². The number of fused-ring (bicyclic) bond motifs is 1. The molecule has 22 nitrogen and oxygen atoms in total. The third-order valence-electron chi connectivity index (χ3n) is 13.0. The molecular weight excluding hydrogens is 999 g/mol. The highest BCUT2D eigenvalue weighted by Gasteiger charge is 2.34. The largest absolute Gasteiger partial charge is 0.361 e. The van der Waals surface area contributed by atoms with E-state index in [1.54, 1.807) is 20.0 Å². The van der Waals surface area contributed by atoms with Gasteiger partial charge in [-0.25, -0.2) is 4.98 Å². The minimum Gasteiger partial charge on any atom is -0.361 e. The summed E-state index contributed by atoms with van der Waals surface area (Å²) in [7, 11) is 1.46. The molecule has 0 aliphatic heterocycles. The Kier molecular flexibility index (Phi) is 23.5. The first-order valence-electron chi connectivity index (χ1n) is 26.4. The van der Waals surface area contributed by atoms with Crippen molar-refractivity contribution in [3.05, 3.63) is 120 Å². The Bertz CT molecular complexity index is 2790. The van der Waals surface area contributed by atoms with Gasteiger partial charge in [-0.2, -0.15) is 0 Å². The van der Waals surface area contributed by atoms with Gasteiger partial charge in [-0.05, 0) is 87.1 Å². The Balaban J connectivity index is 1.23. The lowest BCUT2D eigenvalue weighted by molar-refractivity contribution is -0.135. The minimum absolute atomic E-state index is 0.00577. The molecule has 0 unspecified atom stereocenters. The minimum atomic E-state index is -1.27. The predicted octanol–water partition coefficient (Wildman–Crippen LogP) is 2.19. The van der Waals surface area contributed by atoms with Crippen LogP contribution in [0.5, 0.6) is 0 Å². The quantitative estimate of drug-likeness (QED) is 0.0296. The van der Waals surface area contributed by atoms with Crippen molar-refractivity contribution in [2.24, 2.45) is 11.8 Å². The molecule has 2 aromatic carbocycles. The average Bonchev–Trinajstić information content (AvgIpc) is 4.10. The molecule has 0 radical (unpaired) electrons. The molecule has 3 aromatic heterocycles. The molecule has 3 heterocycles. The fraction of sp³-hybridized carbons (Fsp3) is 0.446. The van der Waals surface area contributed by atoms with Crippen molar-refractivity contribution in [3.63, 3.8) is 0 Å². The highest BCUT2D eigenvalue weighted by atomic mass is 16.2. The smallest absolute Gasteiger partial charge is 0.252 e. The number of likely N-dealkylation sites (N-methyl/N-ethyl adjacent to an activating group) is 1. The summed E-state index contributed by atoms with van der Waals surface area (Å²) in [5.74, 6) is -5.75. The number of benzene rings is 2. The number of nitrogens with one attached hydrogen (secondary N) is 11. The summed E-state index contributed by atoms with van der Waals surface area (Å²) in [5, 5.41) is 25.3. The zero-order valence-electron chi connectivity index (χ0n) is 45.4. The third-order valence-corrected chi connectivity index (χ3v) is 13.0. The van der Waals surface area contributed by atoms with E-state index in [1.165, 1.54) is 57.9 Å². The molecule has 5 aromatic rings. The van der Waals surface area contributed by atoms with Gasteiger partial charge in [0.15, 0.2) is 0 Å². The van der Waals surface area contributed by atoms with Crippen molar-refractivity contribution < 1.29 is 43.2 Å². The molecule has 11 N–H and O–H groups in total. The molecule has 0 saturated carbocycles. The maximum atomic E-state index is 14.3. The van der Waals surface area contributed by atoms with Crippen molar-refractivity contribution in [3.8, 4) is 0 Å². The summed E-state index contributed by atoms with van der Waals surface area (Å²) in [6.07, 6.45) is 9.81. The van der Waals surface area contributed by atoms with E-state index in [9.17, 15) is 43.2 Å². The van der Waals surface area contributed by atoms with Crippen LogP contribution in [0.25, 0.3) is 10.9 Å². The van der Waals surface area contributed by atoms with Gasteiger partial charge in [-0.15, -0.1) is 0 Å². The van der Waals surface area contributed by atoms with Gasteiger partial charge >= 0.3 is 0 Å². The molecule has 78 heavy (non-hydrogen) atoms. The zero-order chi connectivity index (χ0) is 56.7. The van der Waals surface area contributed by atoms with Gasteiger partial charge in [0, 0.05) is 79.8 Å². The second kappa shape index (κ2) is 30.3. The van der Waals surface area contributed by atoms with E-state index in [-0.39, 0.29) is 36.7 Å². The van der Waals surface area contributed by atoms with Crippen molar-refractivity contribution in [1.82, 2.24) is 67.8 Å². The van der Waals surface area contributed by atoms with Gasteiger partial charge in [-0.1, -0.05) is 76.2 Å². The van der Waals surface area contributed by atoms with E-state index in [0.717, 1.165) is 16.5 Å². The van der Waals surface area contributed by atoms with Crippen LogP contribution in [0.4, 0.5) is 0 Å². The molecule has 0 spiro atoms. The molecule has 0 bridgehead atoms. The number of rotatable bonds is 30. The lowest BCUT2D eigenvalue weighted by Gasteiger charge is -2.27. The highest BCUT2D eigenvalue weighted by Crippen LogP contribution is 2.20. The van der Waals surface area contributed by atoms with Crippen LogP contribution in [0.15, 0.2) is 97.8 Å². The first-order chi connectivity index (χ1) is 37.3. The van der Waals surface area contributed by atoms with Crippen LogP contribution in [-0.2, 0) is 57.6 Å². The van der Waals surface area contributed by atoms with E-state index < -0.39 is 95.5 Å². The van der Waals surface area contributed by atoms with Crippen LogP contribution in [0.2, 0.25) is 0 Å². The van der Waals surface area contributed by atoms with Crippen LogP contribution in [0, 0.1) is 11.8 Å². The number of amides is 9. The number of aromatic amines is 2. The molecule has 418 valence electrons. The second-order valence-electron chi connectivity index (χ2n) is 20.1. The number of carbonyl (C=O) groups excluding carboxylic acids is 9. The van der Waals surface area contributed by atoms with Crippen molar-refractivity contribution in [1.29, 1.82) is 0 Å². The number of unbranched alkanes of at least 4 members (excludes halogenated alkanes) is 1. The lowest BCUT2D eigenvalue weighted by atomic mass is 10.0. The van der Waals surface area contributed by atoms with Gasteiger partial charge in [0.2, 0.25) is 47.3 Å². The average molecular weight is 1070 g/mol. The first kappa shape index (κ1) is 60.4. The summed E-state index contributed by atoms with van der Waals surface area (Å²) in [5.41, 5.74) is 3.31. The van der Waals surface area contributed by atoms with E-state index in [1.807, 2.05) is 68.4 Å². The Hall–Kier alpha value is -8.43. The topological polar surface area (TPSA) is 319 Å². The van der Waals surface area contributed by atoms with Crippen molar-refractivity contribution in [2.45, 2.75) is 135 Å². The van der Waals surface area contributed by atoms with Gasteiger partial charge in [0.1, 0.15) is 42.3 Å². The number of H-pyrrole nitrogens is 2. The SMILES string of the molecule is CNC(=O)[C@H](CC(C)C)NC(=O)[C@H](CCCCNC(=O)CCc1ccccc1)NC(=O)[C@@H](C)NC(=O)[C@@H](NC(=O)[C@H](C)NC(=O)[C@H](Cc1c[nH]c2ccccc12)NC(=O)[C@H](Cc1cnc[nH]1)NC(=O)c1ccncc1)C(C)C. The van der Waals surface area contributed by atoms with Crippen LogP contribution >= 0.6 is 0 Å². The molecule has 0 saturated heterocycles. The Morgan fingerprint density at radius 1 is 0.577 bits per heavy atom. The molecular formula is C56H75N13O9. The van der Waals surface area contributed by atoms with E-state index in [2.05, 4.69) is 67.8 Å². The number of imidazole rings is 1. The lowest BCUT2D eigenvalue weighted by Crippen LogP contribution is -2.60. The van der Waals surface area contributed by atoms with E-state index in [0.29, 0.717) is 49.9 Å². The number of aromatic nitrogens is 4. The van der Waals surface area contributed by atoms with E-state index >= 15 is 0 Å². The van der Waals surface area contributed by atoms with Gasteiger partial charge in [0.25, 0.3) is 5.91 Å². The Labute approximate surface area is 454 Å². The molecule has 0 aliphatic carbocycles. The number of pyridine rings is 1. The summed E-state index contributed by atoms with van der Waals surface area (Å²) in [6, 6.07) is 11.9. The van der Waals surface area contributed by atoms with Crippen molar-refractivity contribution in [2.75, 3.05) is 13.6 Å². The number of para-hydroxylation sites is 1. The third kappa shape index (κ3) is 19.0. The van der Waals surface area contributed by atoms with Crippen LogP contribution in [0.3, 0.4) is 0 Å². The molecule has 0 aliphatic rings. The number of hydrogen-bond acceptors (Lipinski definition) is 11. The summed E-state index contributed by atoms with van der Waals surface area (Å²) < 4.78 is 0. The molecule has 5 rings (SSSR count). The molecule has 9 amide bonds. The summed E-state index contributed by atoms with van der Waals surface area (Å²) in [6.45, 7) is 10.4. The van der Waals surface area contributed by atoms with Gasteiger partial charge in [-0.3, -0.25) is 48.1 Å². The Morgan fingerprint density at radius 2 is 1.19 bits per heavy atom. The number of nitrogens with zero attached hydrogens (tertiary/aromatic N) is 2. The fourth-order valence-electron chi connectivity index (χ4n) is 8.54.